The molecule has 0 aliphatic carbocycles. The van der Waals surface area contributed by atoms with Crippen LogP contribution in [0.4, 0.5) is 0 Å². The van der Waals surface area contributed by atoms with Crippen molar-refractivity contribution in [2.75, 3.05) is 0 Å². The molecule has 0 saturated heterocycles. The van der Waals surface area contributed by atoms with Crippen LogP contribution in [0.25, 0.3) is 21.8 Å². The molecule has 0 spiro atoms. The van der Waals surface area contributed by atoms with E-state index in [0.29, 0.717) is 26.7 Å². The second-order valence-electron chi connectivity index (χ2n) is 4.42. The van der Waals surface area contributed by atoms with Gasteiger partial charge in [-0.25, -0.2) is 9.97 Å². The summed E-state index contributed by atoms with van der Waals surface area (Å²) in [5, 5.41) is 3.14. The van der Waals surface area contributed by atoms with Crippen molar-refractivity contribution in [2.45, 2.75) is 6.92 Å². The van der Waals surface area contributed by atoms with Gasteiger partial charge in [0.25, 0.3) is 0 Å². The second kappa shape index (κ2) is 5.93. The number of nitrogens with zero attached hydrogens (tertiary/aromatic N) is 2. The summed E-state index contributed by atoms with van der Waals surface area (Å²) in [5.74, 6) is 0.535. The SMILES string of the molecule is Cc1ccsc1-c1nc(Cl)c(-c2ccccc2Cl)c(Cl)n1. The number of hydrogen-bond acceptors (Lipinski definition) is 3. The average molecular weight is 356 g/mol. The Hall–Kier alpha value is -1.13. The van der Waals surface area contributed by atoms with E-state index in [4.69, 9.17) is 34.8 Å². The van der Waals surface area contributed by atoms with Crippen LogP contribution < -0.4 is 0 Å². The molecule has 0 unspecified atom stereocenters. The molecule has 6 heteroatoms. The molecule has 3 rings (SSSR count). The fourth-order valence-corrected chi connectivity index (χ4v) is 3.68. The van der Waals surface area contributed by atoms with Crippen molar-refractivity contribution < 1.29 is 0 Å². The van der Waals surface area contributed by atoms with Gasteiger partial charge in [-0.3, -0.25) is 0 Å². The Morgan fingerprint density at radius 3 is 2.19 bits per heavy atom. The smallest absolute Gasteiger partial charge is 0.172 e. The number of benzene rings is 1. The monoisotopic (exact) mass is 354 g/mol. The van der Waals surface area contributed by atoms with E-state index in [1.54, 1.807) is 17.4 Å². The van der Waals surface area contributed by atoms with E-state index in [1.807, 2.05) is 36.6 Å². The van der Waals surface area contributed by atoms with Crippen LogP contribution in [-0.4, -0.2) is 9.97 Å². The van der Waals surface area contributed by atoms with Gasteiger partial charge < -0.3 is 0 Å². The third kappa shape index (κ3) is 2.79. The molecule has 1 aromatic carbocycles. The third-order valence-corrected chi connectivity index (χ3v) is 4.92. The summed E-state index contributed by atoms with van der Waals surface area (Å²) in [6.45, 7) is 2.00. The highest BCUT2D eigenvalue weighted by molar-refractivity contribution is 7.13. The molecule has 106 valence electrons. The van der Waals surface area contributed by atoms with E-state index in [2.05, 4.69) is 9.97 Å². The molecule has 0 radical (unpaired) electrons. The van der Waals surface area contributed by atoms with Gasteiger partial charge in [-0.2, -0.15) is 0 Å². The topological polar surface area (TPSA) is 25.8 Å². The lowest BCUT2D eigenvalue weighted by Gasteiger charge is -2.09. The molecule has 3 aromatic rings. The molecule has 0 amide bonds. The van der Waals surface area contributed by atoms with Crippen molar-refractivity contribution in [3.63, 3.8) is 0 Å². The number of thiophene rings is 1. The Bertz CT molecular complexity index is 791. The van der Waals surface area contributed by atoms with Crippen LogP contribution in [-0.2, 0) is 0 Å². The molecule has 0 bridgehead atoms. The van der Waals surface area contributed by atoms with Gasteiger partial charge >= 0.3 is 0 Å². The Morgan fingerprint density at radius 2 is 1.62 bits per heavy atom. The van der Waals surface area contributed by atoms with E-state index < -0.39 is 0 Å². The maximum atomic E-state index is 6.32. The summed E-state index contributed by atoms with van der Waals surface area (Å²) in [6.07, 6.45) is 0. The lowest BCUT2D eigenvalue weighted by molar-refractivity contribution is 1.18. The molecule has 0 aliphatic heterocycles. The van der Waals surface area contributed by atoms with Gasteiger partial charge in [-0.05, 0) is 30.0 Å². The highest BCUT2D eigenvalue weighted by Crippen LogP contribution is 2.38. The molecule has 2 aromatic heterocycles. The Labute approximate surface area is 141 Å². The highest BCUT2D eigenvalue weighted by Gasteiger charge is 2.17. The minimum atomic E-state index is 0.297. The van der Waals surface area contributed by atoms with Crippen molar-refractivity contribution in [2.24, 2.45) is 0 Å². The largest absolute Gasteiger partial charge is 0.215 e. The lowest BCUT2D eigenvalue weighted by atomic mass is 10.1. The molecular formula is C15H9Cl3N2S. The summed E-state index contributed by atoms with van der Waals surface area (Å²) in [6, 6.07) is 9.34. The van der Waals surface area contributed by atoms with Gasteiger partial charge in [0.15, 0.2) is 5.82 Å². The predicted octanol–water partition coefficient (Wildman–Crippen LogP) is 6.14. The first-order valence-electron chi connectivity index (χ1n) is 6.10. The van der Waals surface area contributed by atoms with Crippen molar-refractivity contribution >= 4 is 46.1 Å². The number of rotatable bonds is 2. The average Bonchev–Trinajstić information content (AvgIpc) is 2.86. The number of hydrogen-bond donors (Lipinski definition) is 0. The summed E-state index contributed by atoms with van der Waals surface area (Å²) in [4.78, 5) is 9.72. The molecule has 0 fully saturated rings. The van der Waals surface area contributed by atoms with Crippen molar-refractivity contribution in [3.8, 4) is 21.8 Å². The summed E-state index contributed by atoms with van der Waals surface area (Å²) in [5.41, 5.74) is 2.38. The van der Waals surface area contributed by atoms with E-state index in [9.17, 15) is 0 Å². The van der Waals surface area contributed by atoms with Crippen LogP contribution in [0, 0.1) is 6.92 Å². The molecule has 2 nitrogen and oxygen atoms in total. The molecule has 21 heavy (non-hydrogen) atoms. The van der Waals surface area contributed by atoms with E-state index in [1.165, 1.54) is 0 Å². The first-order chi connectivity index (χ1) is 10.1. The van der Waals surface area contributed by atoms with Crippen LogP contribution >= 0.6 is 46.1 Å². The minimum absolute atomic E-state index is 0.297. The van der Waals surface area contributed by atoms with Crippen molar-refractivity contribution in [1.29, 1.82) is 0 Å². The van der Waals surface area contributed by atoms with Gasteiger partial charge in [-0.15, -0.1) is 11.3 Å². The number of halogens is 3. The van der Waals surface area contributed by atoms with E-state index in [0.717, 1.165) is 16.0 Å². The summed E-state index contributed by atoms with van der Waals surface area (Å²) >= 11 is 20.4. The molecule has 0 N–H and O–H groups in total. The second-order valence-corrected chi connectivity index (χ2v) is 6.46. The Kier molecular flexibility index (Phi) is 4.18. The standard InChI is InChI=1S/C15H9Cl3N2S/c1-8-6-7-21-12(8)15-19-13(17)11(14(18)20-15)9-4-2-3-5-10(9)16/h2-7H,1H3. The minimum Gasteiger partial charge on any atom is -0.215 e. The number of aromatic nitrogens is 2. The fraction of sp³-hybridized carbons (Fsp3) is 0.0667. The molecule has 0 saturated carbocycles. The summed E-state index contributed by atoms with van der Waals surface area (Å²) in [7, 11) is 0. The van der Waals surface area contributed by atoms with Crippen molar-refractivity contribution in [3.05, 3.63) is 56.6 Å². The van der Waals surface area contributed by atoms with Crippen LogP contribution in [0.15, 0.2) is 35.7 Å². The zero-order chi connectivity index (χ0) is 15.0. The van der Waals surface area contributed by atoms with Gasteiger partial charge in [0.1, 0.15) is 10.3 Å². The van der Waals surface area contributed by atoms with Gasteiger partial charge in [0.2, 0.25) is 0 Å². The lowest BCUT2D eigenvalue weighted by Crippen LogP contribution is -1.94. The van der Waals surface area contributed by atoms with Crippen LogP contribution in [0.1, 0.15) is 5.56 Å². The fourth-order valence-electron chi connectivity index (χ4n) is 2.00. The highest BCUT2D eigenvalue weighted by atomic mass is 35.5. The normalized spacial score (nSPS) is 10.9. The van der Waals surface area contributed by atoms with Crippen molar-refractivity contribution in [1.82, 2.24) is 9.97 Å². The zero-order valence-corrected chi connectivity index (χ0v) is 14.0. The molecular weight excluding hydrogens is 347 g/mol. The van der Waals surface area contributed by atoms with E-state index >= 15 is 0 Å². The van der Waals surface area contributed by atoms with Crippen LogP contribution in [0.2, 0.25) is 15.3 Å². The summed E-state index contributed by atoms with van der Waals surface area (Å²) < 4.78 is 0. The molecule has 0 aliphatic rings. The van der Waals surface area contributed by atoms with Gasteiger partial charge in [-0.1, -0.05) is 53.0 Å². The molecule has 2 heterocycles. The first-order valence-corrected chi connectivity index (χ1v) is 8.11. The van der Waals surface area contributed by atoms with E-state index in [-0.39, 0.29) is 0 Å². The maximum absolute atomic E-state index is 6.32. The van der Waals surface area contributed by atoms with Gasteiger partial charge in [0, 0.05) is 10.6 Å². The zero-order valence-electron chi connectivity index (χ0n) is 10.9. The van der Waals surface area contributed by atoms with Gasteiger partial charge in [0.05, 0.1) is 10.4 Å². The quantitative estimate of drug-likeness (QED) is 0.516. The Balaban J connectivity index is 2.18. The van der Waals surface area contributed by atoms with Crippen LogP contribution in [0.3, 0.4) is 0 Å². The number of aryl methyl sites for hydroxylation is 1. The van der Waals surface area contributed by atoms with Crippen LogP contribution in [0.5, 0.6) is 0 Å². The first kappa shape index (κ1) is 14.8. The third-order valence-electron chi connectivity index (χ3n) is 3.03. The maximum Gasteiger partial charge on any atom is 0.172 e. The molecule has 0 atom stereocenters. The Morgan fingerprint density at radius 1 is 0.952 bits per heavy atom. The predicted molar refractivity (Wildman–Crippen MR) is 90.5 cm³/mol.